The number of hydrogen-bond donors (Lipinski definition) is 1. The van der Waals surface area contributed by atoms with E-state index in [2.05, 4.69) is 15.2 Å². The van der Waals surface area contributed by atoms with Crippen molar-refractivity contribution in [3.05, 3.63) is 23.9 Å². The zero-order valence-corrected chi connectivity index (χ0v) is 13.0. The summed E-state index contributed by atoms with van der Waals surface area (Å²) in [7, 11) is 0.358. The van der Waals surface area contributed by atoms with Crippen LogP contribution in [-0.2, 0) is 16.6 Å². The SMILES string of the molecule is CNCc1ccc(S(=O)(=O)N2CCN(C)CC2C)nc1. The summed E-state index contributed by atoms with van der Waals surface area (Å²) in [4.78, 5) is 6.25. The number of nitrogens with one attached hydrogen (secondary N) is 1. The van der Waals surface area contributed by atoms with E-state index >= 15 is 0 Å². The minimum atomic E-state index is -3.49. The molecule has 0 amide bonds. The Kier molecular flexibility index (Phi) is 4.74. The average Bonchev–Trinajstić information content (AvgIpc) is 2.39. The van der Waals surface area contributed by atoms with E-state index < -0.39 is 10.0 Å². The molecule has 2 rings (SSSR count). The maximum Gasteiger partial charge on any atom is 0.260 e. The second kappa shape index (κ2) is 6.17. The Bertz CT molecular complexity index is 544. The van der Waals surface area contributed by atoms with Crippen LogP contribution in [-0.4, -0.2) is 62.4 Å². The molecule has 7 heteroatoms. The van der Waals surface area contributed by atoms with Gasteiger partial charge in [-0.1, -0.05) is 6.07 Å². The first-order valence-corrected chi connectivity index (χ1v) is 8.19. The van der Waals surface area contributed by atoms with Crippen LogP contribution in [0, 0.1) is 0 Å². The van der Waals surface area contributed by atoms with Crippen molar-refractivity contribution in [2.24, 2.45) is 0 Å². The lowest BCUT2D eigenvalue weighted by atomic mass is 10.2. The maximum atomic E-state index is 12.6. The lowest BCUT2D eigenvalue weighted by molar-refractivity contribution is 0.170. The summed E-state index contributed by atoms with van der Waals surface area (Å²) in [6.07, 6.45) is 1.62. The molecule has 1 aromatic heterocycles. The molecule has 0 bridgehead atoms. The molecular weight excluding hydrogens is 276 g/mol. The molecule has 0 saturated carbocycles. The third kappa shape index (κ3) is 3.17. The number of rotatable bonds is 4. The Morgan fingerprint density at radius 3 is 2.70 bits per heavy atom. The molecule has 2 heterocycles. The number of aromatic nitrogens is 1. The fourth-order valence-corrected chi connectivity index (χ4v) is 4.00. The summed E-state index contributed by atoms with van der Waals surface area (Å²) in [6.45, 7) is 4.62. The van der Waals surface area contributed by atoms with E-state index in [9.17, 15) is 8.42 Å². The molecule has 6 nitrogen and oxygen atoms in total. The Balaban J connectivity index is 2.21. The van der Waals surface area contributed by atoms with Crippen LogP contribution in [0.1, 0.15) is 12.5 Å². The van der Waals surface area contributed by atoms with Crippen molar-refractivity contribution in [2.75, 3.05) is 33.7 Å². The van der Waals surface area contributed by atoms with Gasteiger partial charge in [-0.2, -0.15) is 4.31 Å². The van der Waals surface area contributed by atoms with E-state index in [0.29, 0.717) is 13.1 Å². The van der Waals surface area contributed by atoms with Gasteiger partial charge in [0.2, 0.25) is 0 Å². The van der Waals surface area contributed by atoms with Gasteiger partial charge >= 0.3 is 0 Å². The predicted octanol–water partition coefficient (Wildman–Crippen LogP) is 0.126. The normalized spacial score (nSPS) is 22.1. The van der Waals surface area contributed by atoms with Gasteiger partial charge in [0.15, 0.2) is 5.03 Å². The van der Waals surface area contributed by atoms with E-state index in [4.69, 9.17) is 0 Å². The largest absolute Gasteiger partial charge is 0.316 e. The molecule has 1 unspecified atom stereocenters. The van der Waals surface area contributed by atoms with Crippen molar-refractivity contribution in [3.63, 3.8) is 0 Å². The minimum absolute atomic E-state index is 0.0301. The summed E-state index contributed by atoms with van der Waals surface area (Å²) < 4.78 is 26.8. The van der Waals surface area contributed by atoms with Gasteiger partial charge in [-0.3, -0.25) is 0 Å². The number of hydrogen-bond acceptors (Lipinski definition) is 5. The van der Waals surface area contributed by atoms with Gasteiger partial charge in [0, 0.05) is 38.4 Å². The van der Waals surface area contributed by atoms with E-state index in [-0.39, 0.29) is 11.1 Å². The van der Waals surface area contributed by atoms with Crippen LogP contribution < -0.4 is 5.32 Å². The number of likely N-dealkylation sites (N-methyl/N-ethyl adjacent to an activating group) is 1. The van der Waals surface area contributed by atoms with Crippen molar-refractivity contribution < 1.29 is 8.42 Å². The number of nitrogens with zero attached hydrogens (tertiary/aromatic N) is 3. The molecule has 1 aliphatic rings. The highest BCUT2D eigenvalue weighted by Crippen LogP contribution is 2.19. The number of sulfonamides is 1. The predicted molar refractivity (Wildman–Crippen MR) is 77.9 cm³/mol. The highest BCUT2D eigenvalue weighted by molar-refractivity contribution is 7.89. The summed E-state index contributed by atoms with van der Waals surface area (Å²) in [6, 6.07) is 3.36. The second-order valence-electron chi connectivity index (χ2n) is 5.26. The topological polar surface area (TPSA) is 65.5 Å². The standard InChI is InChI=1S/C13H22N4O2S/c1-11-10-16(3)6-7-17(11)20(18,19)13-5-4-12(8-14-2)9-15-13/h4-5,9,11,14H,6-8,10H2,1-3H3. The van der Waals surface area contributed by atoms with Crippen LogP contribution in [0.25, 0.3) is 0 Å². The quantitative estimate of drug-likeness (QED) is 0.856. The van der Waals surface area contributed by atoms with Crippen molar-refractivity contribution >= 4 is 10.0 Å². The summed E-state index contributed by atoms with van der Waals surface area (Å²) >= 11 is 0. The molecule has 0 radical (unpaired) electrons. The van der Waals surface area contributed by atoms with E-state index in [1.807, 2.05) is 21.0 Å². The lowest BCUT2D eigenvalue weighted by Gasteiger charge is -2.36. The molecule has 1 aromatic rings. The maximum absolute atomic E-state index is 12.6. The van der Waals surface area contributed by atoms with E-state index in [1.165, 1.54) is 0 Å². The van der Waals surface area contributed by atoms with Crippen LogP contribution in [0.4, 0.5) is 0 Å². The molecule has 1 fully saturated rings. The van der Waals surface area contributed by atoms with Gasteiger partial charge in [0.1, 0.15) is 0 Å². The first kappa shape index (κ1) is 15.4. The Labute approximate surface area is 120 Å². The van der Waals surface area contributed by atoms with E-state index in [1.54, 1.807) is 22.6 Å². The molecule has 1 aliphatic heterocycles. The minimum Gasteiger partial charge on any atom is -0.316 e. The fraction of sp³-hybridized carbons (Fsp3) is 0.615. The monoisotopic (exact) mass is 298 g/mol. The van der Waals surface area contributed by atoms with Crippen molar-refractivity contribution in [1.82, 2.24) is 19.5 Å². The summed E-state index contributed by atoms with van der Waals surface area (Å²) in [5, 5.41) is 3.15. The second-order valence-corrected chi connectivity index (χ2v) is 7.10. The molecule has 1 N–H and O–H groups in total. The molecule has 112 valence electrons. The van der Waals surface area contributed by atoms with E-state index in [0.717, 1.165) is 18.7 Å². The molecule has 0 aromatic carbocycles. The highest BCUT2D eigenvalue weighted by Gasteiger charge is 2.33. The lowest BCUT2D eigenvalue weighted by Crippen LogP contribution is -2.52. The van der Waals surface area contributed by atoms with Gasteiger partial charge in [-0.15, -0.1) is 0 Å². The Morgan fingerprint density at radius 1 is 1.40 bits per heavy atom. The Morgan fingerprint density at radius 2 is 2.15 bits per heavy atom. The van der Waals surface area contributed by atoms with Crippen molar-refractivity contribution in [2.45, 2.75) is 24.5 Å². The zero-order chi connectivity index (χ0) is 14.8. The van der Waals surface area contributed by atoms with Crippen LogP contribution in [0.3, 0.4) is 0 Å². The summed E-state index contributed by atoms with van der Waals surface area (Å²) in [5.74, 6) is 0. The van der Waals surface area contributed by atoms with Crippen LogP contribution in [0.5, 0.6) is 0 Å². The molecule has 0 spiro atoms. The van der Waals surface area contributed by atoms with Gasteiger partial charge in [0.25, 0.3) is 10.0 Å². The Hall–Kier alpha value is -1.02. The molecular formula is C13H22N4O2S. The third-order valence-corrected chi connectivity index (χ3v) is 5.45. The van der Waals surface area contributed by atoms with Crippen molar-refractivity contribution in [3.8, 4) is 0 Å². The first-order valence-electron chi connectivity index (χ1n) is 6.75. The molecule has 0 aliphatic carbocycles. The van der Waals surface area contributed by atoms with Crippen molar-refractivity contribution in [1.29, 1.82) is 0 Å². The fourth-order valence-electron chi connectivity index (χ4n) is 2.47. The van der Waals surface area contributed by atoms with Gasteiger partial charge < -0.3 is 10.2 Å². The number of piperazine rings is 1. The smallest absolute Gasteiger partial charge is 0.260 e. The van der Waals surface area contributed by atoms with Crippen LogP contribution in [0.2, 0.25) is 0 Å². The van der Waals surface area contributed by atoms with Gasteiger partial charge in [-0.25, -0.2) is 13.4 Å². The molecule has 20 heavy (non-hydrogen) atoms. The molecule has 1 saturated heterocycles. The third-order valence-electron chi connectivity index (χ3n) is 3.52. The highest BCUT2D eigenvalue weighted by atomic mass is 32.2. The van der Waals surface area contributed by atoms with Crippen LogP contribution in [0.15, 0.2) is 23.4 Å². The van der Waals surface area contributed by atoms with Gasteiger partial charge in [-0.05, 0) is 32.6 Å². The average molecular weight is 298 g/mol. The first-order chi connectivity index (χ1) is 9.45. The number of pyridine rings is 1. The molecule has 1 atom stereocenters. The van der Waals surface area contributed by atoms with Gasteiger partial charge in [0.05, 0.1) is 0 Å². The zero-order valence-electron chi connectivity index (χ0n) is 12.2. The summed E-state index contributed by atoms with van der Waals surface area (Å²) in [5.41, 5.74) is 0.970. The van der Waals surface area contributed by atoms with Crippen LogP contribution >= 0.6 is 0 Å².